The Morgan fingerprint density at radius 1 is 1.04 bits per heavy atom. The van der Waals surface area contributed by atoms with Crippen LogP contribution in [0.15, 0.2) is 48.5 Å². The van der Waals surface area contributed by atoms with Crippen molar-refractivity contribution in [1.29, 1.82) is 0 Å². The van der Waals surface area contributed by atoms with Gasteiger partial charge in [0.15, 0.2) is 5.11 Å². The van der Waals surface area contributed by atoms with Crippen LogP contribution in [0.5, 0.6) is 0 Å². The smallest absolute Gasteiger partial charge is 0.269 e. The zero-order chi connectivity index (χ0) is 17.4. The van der Waals surface area contributed by atoms with E-state index in [0.717, 1.165) is 11.3 Å². The molecule has 0 aromatic heterocycles. The van der Waals surface area contributed by atoms with Crippen molar-refractivity contribution in [3.8, 4) is 0 Å². The standard InChI is InChI=1S/C17H18FN3OS2/c1-24-11-13-2-6-14(7-3-13)16(22)20-21-17(23)19-10-12-4-8-15(18)9-5-12/h2-9H,10-11H2,1H3,(H,20,22)(H2,19,21,23). The molecule has 0 spiro atoms. The quantitative estimate of drug-likeness (QED) is 0.563. The largest absolute Gasteiger partial charge is 0.357 e. The van der Waals surface area contributed by atoms with Crippen molar-refractivity contribution in [2.24, 2.45) is 0 Å². The summed E-state index contributed by atoms with van der Waals surface area (Å²) in [6, 6.07) is 13.5. The van der Waals surface area contributed by atoms with Gasteiger partial charge in [-0.15, -0.1) is 0 Å². The van der Waals surface area contributed by atoms with Gasteiger partial charge in [-0.1, -0.05) is 24.3 Å². The van der Waals surface area contributed by atoms with Gasteiger partial charge >= 0.3 is 0 Å². The third-order valence-corrected chi connectivity index (χ3v) is 4.05. The third-order valence-electron chi connectivity index (χ3n) is 3.18. The number of carbonyl (C=O) groups is 1. The van der Waals surface area contributed by atoms with E-state index >= 15 is 0 Å². The molecule has 0 saturated heterocycles. The van der Waals surface area contributed by atoms with E-state index in [9.17, 15) is 9.18 Å². The molecule has 0 aliphatic carbocycles. The van der Waals surface area contributed by atoms with E-state index in [0.29, 0.717) is 12.1 Å². The molecule has 0 aliphatic heterocycles. The highest BCUT2D eigenvalue weighted by atomic mass is 32.2. The molecule has 7 heteroatoms. The van der Waals surface area contributed by atoms with Crippen molar-refractivity contribution in [3.63, 3.8) is 0 Å². The first-order chi connectivity index (χ1) is 11.6. The summed E-state index contributed by atoms with van der Waals surface area (Å²) in [5, 5.41) is 3.22. The molecule has 0 heterocycles. The minimum Gasteiger partial charge on any atom is -0.357 e. The Morgan fingerprint density at radius 2 is 1.67 bits per heavy atom. The van der Waals surface area contributed by atoms with Crippen molar-refractivity contribution in [2.75, 3.05) is 6.26 Å². The molecule has 0 atom stereocenters. The molecular formula is C17H18FN3OS2. The van der Waals surface area contributed by atoms with Gasteiger partial charge in [-0.3, -0.25) is 15.6 Å². The molecule has 2 aromatic rings. The fourth-order valence-electron chi connectivity index (χ4n) is 1.93. The van der Waals surface area contributed by atoms with Gasteiger partial charge in [0, 0.05) is 17.9 Å². The van der Waals surface area contributed by atoms with Gasteiger partial charge in [0.1, 0.15) is 5.82 Å². The minimum atomic E-state index is -0.282. The van der Waals surface area contributed by atoms with Crippen molar-refractivity contribution in [1.82, 2.24) is 16.2 Å². The van der Waals surface area contributed by atoms with Crippen molar-refractivity contribution < 1.29 is 9.18 Å². The molecule has 4 nitrogen and oxygen atoms in total. The summed E-state index contributed by atoms with van der Waals surface area (Å²) in [7, 11) is 0. The van der Waals surface area contributed by atoms with Crippen LogP contribution < -0.4 is 16.2 Å². The van der Waals surface area contributed by atoms with Crippen LogP contribution in [-0.4, -0.2) is 17.3 Å². The number of hydrazine groups is 1. The van der Waals surface area contributed by atoms with Crippen molar-refractivity contribution in [3.05, 3.63) is 71.0 Å². The molecular weight excluding hydrogens is 345 g/mol. The molecule has 126 valence electrons. The average Bonchev–Trinajstić information content (AvgIpc) is 2.60. The van der Waals surface area contributed by atoms with E-state index < -0.39 is 0 Å². The molecule has 0 unspecified atom stereocenters. The number of thioether (sulfide) groups is 1. The van der Waals surface area contributed by atoms with Gasteiger partial charge in [-0.05, 0) is 53.9 Å². The van der Waals surface area contributed by atoms with E-state index in [1.807, 2.05) is 18.4 Å². The summed E-state index contributed by atoms with van der Waals surface area (Å²) in [6.07, 6.45) is 2.03. The number of nitrogens with one attached hydrogen (secondary N) is 3. The first-order valence-electron chi connectivity index (χ1n) is 7.25. The fraction of sp³-hybridized carbons (Fsp3) is 0.176. The molecule has 24 heavy (non-hydrogen) atoms. The predicted octanol–water partition coefficient (Wildman–Crippen LogP) is 3.00. The van der Waals surface area contributed by atoms with Crippen LogP contribution in [0.2, 0.25) is 0 Å². The molecule has 0 fully saturated rings. The lowest BCUT2D eigenvalue weighted by Gasteiger charge is -2.12. The number of amides is 1. The molecule has 2 aromatic carbocycles. The van der Waals surface area contributed by atoms with Gasteiger partial charge in [-0.25, -0.2) is 4.39 Å². The van der Waals surface area contributed by atoms with Gasteiger partial charge in [0.05, 0.1) is 0 Å². The van der Waals surface area contributed by atoms with E-state index in [2.05, 4.69) is 16.2 Å². The number of hydrogen-bond acceptors (Lipinski definition) is 3. The van der Waals surface area contributed by atoms with Crippen LogP contribution >= 0.6 is 24.0 Å². The highest BCUT2D eigenvalue weighted by molar-refractivity contribution is 7.97. The molecule has 0 aliphatic rings. The van der Waals surface area contributed by atoms with Gasteiger partial charge < -0.3 is 5.32 Å². The van der Waals surface area contributed by atoms with Gasteiger partial charge in [0.2, 0.25) is 0 Å². The van der Waals surface area contributed by atoms with E-state index in [1.165, 1.54) is 17.7 Å². The number of benzene rings is 2. The Bertz CT molecular complexity index is 690. The second-order valence-corrected chi connectivity index (χ2v) is 6.29. The van der Waals surface area contributed by atoms with Crippen LogP contribution in [0.3, 0.4) is 0 Å². The van der Waals surface area contributed by atoms with Crippen LogP contribution in [0.4, 0.5) is 4.39 Å². The SMILES string of the molecule is CSCc1ccc(C(=O)NNC(=S)NCc2ccc(F)cc2)cc1. The highest BCUT2D eigenvalue weighted by Gasteiger charge is 2.05. The molecule has 0 bridgehead atoms. The second-order valence-electron chi connectivity index (χ2n) is 5.02. The Kier molecular flexibility index (Phi) is 7.02. The Balaban J connectivity index is 1.76. The second kappa shape index (κ2) is 9.24. The average molecular weight is 363 g/mol. The van der Waals surface area contributed by atoms with Crippen LogP contribution in [0.25, 0.3) is 0 Å². The summed E-state index contributed by atoms with van der Waals surface area (Å²) in [5.41, 5.74) is 7.79. The maximum Gasteiger partial charge on any atom is 0.269 e. The first kappa shape index (κ1) is 18.2. The van der Waals surface area contributed by atoms with Crippen LogP contribution in [0, 0.1) is 5.82 Å². The van der Waals surface area contributed by atoms with Gasteiger partial charge in [-0.2, -0.15) is 11.8 Å². The molecule has 0 saturated carbocycles. The van der Waals surface area contributed by atoms with Crippen LogP contribution in [0.1, 0.15) is 21.5 Å². The van der Waals surface area contributed by atoms with Gasteiger partial charge in [0.25, 0.3) is 5.91 Å². The lowest BCUT2D eigenvalue weighted by Crippen LogP contribution is -2.46. The third kappa shape index (κ3) is 5.82. The first-order valence-corrected chi connectivity index (χ1v) is 9.05. The lowest BCUT2D eigenvalue weighted by molar-refractivity contribution is 0.0943. The number of halogens is 1. The molecule has 2 rings (SSSR count). The van der Waals surface area contributed by atoms with Crippen LogP contribution in [-0.2, 0) is 12.3 Å². The summed E-state index contributed by atoms with van der Waals surface area (Å²) in [5.74, 6) is 0.365. The summed E-state index contributed by atoms with van der Waals surface area (Å²) < 4.78 is 12.8. The summed E-state index contributed by atoms with van der Waals surface area (Å²) in [4.78, 5) is 12.0. The monoisotopic (exact) mass is 363 g/mol. The molecule has 0 radical (unpaired) electrons. The maximum absolute atomic E-state index is 12.8. The lowest BCUT2D eigenvalue weighted by atomic mass is 10.1. The maximum atomic E-state index is 12.8. The fourth-order valence-corrected chi connectivity index (χ4v) is 2.58. The zero-order valence-electron chi connectivity index (χ0n) is 13.1. The van der Waals surface area contributed by atoms with E-state index in [1.54, 1.807) is 36.0 Å². The number of thiocarbonyl (C=S) groups is 1. The van der Waals surface area contributed by atoms with Crippen molar-refractivity contribution >= 4 is 35.0 Å². The van der Waals surface area contributed by atoms with E-state index in [-0.39, 0.29) is 16.8 Å². The Labute approximate surface area is 150 Å². The number of hydrogen-bond donors (Lipinski definition) is 3. The molecule has 1 amide bonds. The number of rotatable bonds is 5. The predicted molar refractivity (Wildman–Crippen MR) is 100 cm³/mol. The minimum absolute atomic E-state index is 0.267. The summed E-state index contributed by atoms with van der Waals surface area (Å²) in [6.45, 7) is 0.436. The van der Waals surface area contributed by atoms with Crippen molar-refractivity contribution in [2.45, 2.75) is 12.3 Å². The zero-order valence-corrected chi connectivity index (χ0v) is 14.8. The number of carbonyl (C=O) groups excluding carboxylic acids is 1. The van der Waals surface area contributed by atoms with E-state index in [4.69, 9.17) is 12.2 Å². The molecule has 3 N–H and O–H groups in total. The topological polar surface area (TPSA) is 53.2 Å². The summed E-state index contributed by atoms with van der Waals surface area (Å²) >= 11 is 6.82. The normalized spacial score (nSPS) is 10.1. The Hall–Kier alpha value is -2.12. The highest BCUT2D eigenvalue weighted by Crippen LogP contribution is 2.10. The Morgan fingerprint density at radius 3 is 2.29 bits per heavy atom.